The number of hydrogen-bond donors (Lipinski definition) is 0. The molecule has 1 aromatic carbocycles. The van der Waals surface area contributed by atoms with Crippen molar-refractivity contribution in [2.24, 2.45) is 0 Å². The van der Waals surface area contributed by atoms with E-state index in [2.05, 4.69) is 33.2 Å². The van der Waals surface area contributed by atoms with E-state index in [0.717, 1.165) is 52.7 Å². The van der Waals surface area contributed by atoms with Crippen molar-refractivity contribution in [3.05, 3.63) is 66.2 Å². The molecule has 4 aromatic rings. The fourth-order valence-electron chi connectivity index (χ4n) is 4.23. The van der Waals surface area contributed by atoms with Gasteiger partial charge in [0.15, 0.2) is 0 Å². The molecular formula is C24H22N6O2. The topological polar surface area (TPSA) is 86.0 Å². The first-order valence-electron chi connectivity index (χ1n) is 10.9. The number of pyridine rings is 1. The molecule has 4 heterocycles. The van der Waals surface area contributed by atoms with Gasteiger partial charge in [0.25, 0.3) is 5.95 Å². The predicted octanol–water partition coefficient (Wildman–Crippen LogP) is 3.28. The third kappa shape index (κ3) is 3.42. The third-order valence-electron chi connectivity index (χ3n) is 6.10. The van der Waals surface area contributed by atoms with Crippen LogP contribution in [0, 0.1) is 0 Å². The minimum absolute atomic E-state index is 0.154. The fraction of sp³-hybridized carbons (Fsp3) is 0.292. The van der Waals surface area contributed by atoms with Crippen molar-refractivity contribution in [1.82, 2.24) is 29.6 Å². The number of benzene rings is 1. The second kappa shape index (κ2) is 7.80. The van der Waals surface area contributed by atoms with E-state index in [4.69, 9.17) is 9.84 Å². The second-order valence-corrected chi connectivity index (χ2v) is 8.29. The maximum absolute atomic E-state index is 11.2. The van der Waals surface area contributed by atoms with Crippen LogP contribution >= 0.6 is 0 Å². The number of aromatic nitrogens is 5. The van der Waals surface area contributed by atoms with Crippen LogP contribution in [0.5, 0.6) is 0 Å². The van der Waals surface area contributed by atoms with Crippen molar-refractivity contribution >= 4 is 17.3 Å². The number of morpholine rings is 1. The van der Waals surface area contributed by atoms with Crippen molar-refractivity contribution in [2.75, 3.05) is 19.7 Å². The van der Waals surface area contributed by atoms with Gasteiger partial charge in [-0.1, -0.05) is 18.2 Å². The summed E-state index contributed by atoms with van der Waals surface area (Å²) in [6, 6.07) is 12.1. The van der Waals surface area contributed by atoms with E-state index >= 15 is 0 Å². The normalized spacial score (nSPS) is 18.8. The summed E-state index contributed by atoms with van der Waals surface area (Å²) in [5.74, 6) is 1.02. The second-order valence-electron chi connectivity index (χ2n) is 8.29. The zero-order valence-corrected chi connectivity index (χ0v) is 17.5. The molecule has 0 radical (unpaired) electrons. The van der Waals surface area contributed by atoms with Crippen LogP contribution in [-0.4, -0.2) is 55.7 Å². The Hall–Kier alpha value is -3.65. The van der Waals surface area contributed by atoms with Crippen LogP contribution < -0.4 is 0 Å². The lowest BCUT2D eigenvalue weighted by Gasteiger charge is -2.30. The zero-order valence-electron chi connectivity index (χ0n) is 17.5. The van der Waals surface area contributed by atoms with E-state index in [1.165, 1.54) is 0 Å². The molecule has 6 rings (SSSR count). The molecule has 32 heavy (non-hydrogen) atoms. The van der Waals surface area contributed by atoms with Crippen molar-refractivity contribution < 1.29 is 9.53 Å². The molecule has 8 nitrogen and oxygen atoms in total. The number of nitrogens with zero attached hydrogens (tertiary/aromatic N) is 6. The van der Waals surface area contributed by atoms with Gasteiger partial charge in [-0.3, -0.25) is 9.78 Å². The number of amides is 1. The summed E-state index contributed by atoms with van der Waals surface area (Å²) in [7, 11) is 0. The van der Waals surface area contributed by atoms with Crippen LogP contribution in [0.2, 0.25) is 0 Å². The number of carbonyl (C=O) groups excluding carboxylic acids is 1. The Morgan fingerprint density at radius 3 is 2.69 bits per heavy atom. The van der Waals surface area contributed by atoms with Gasteiger partial charge < -0.3 is 9.64 Å². The van der Waals surface area contributed by atoms with Gasteiger partial charge in [0.2, 0.25) is 6.41 Å². The van der Waals surface area contributed by atoms with Crippen molar-refractivity contribution in [2.45, 2.75) is 24.9 Å². The highest BCUT2D eigenvalue weighted by molar-refractivity contribution is 5.84. The van der Waals surface area contributed by atoms with Crippen LogP contribution in [0.4, 0.5) is 0 Å². The minimum atomic E-state index is -0.154. The Balaban J connectivity index is 1.41. The zero-order chi connectivity index (χ0) is 21.5. The molecule has 1 aliphatic heterocycles. The van der Waals surface area contributed by atoms with E-state index in [1.54, 1.807) is 23.5 Å². The van der Waals surface area contributed by atoms with E-state index in [9.17, 15) is 4.79 Å². The monoisotopic (exact) mass is 426 g/mol. The Morgan fingerprint density at radius 2 is 1.94 bits per heavy atom. The van der Waals surface area contributed by atoms with E-state index in [1.807, 2.05) is 22.9 Å². The van der Waals surface area contributed by atoms with Gasteiger partial charge in [0.1, 0.15) is 6.10 Å². The van der Waals surface area contributed by atoms with Gasteiger partial charge in [-0.25, -0.2) is 9.97 Å². The van der Waals surface area contributed by atoms with E-state index in [-0.39, 0.29) is 6.10 Å². The van der Waals surface area contributed by atoms with Gasteiger partial charge in [0.05, 0.1) is 30.1 Å². The summed E-state index contributed by atoms with van der Waals surface area (Å²) in [5, 5.41) is 6.03. The van der Waals surface area contributed by atoms with Crippen LogP contribution in [0.25, 0.3) is 28.1 Å². The maximum atomic E-state index is 11.2. The summed E-state index contributed by atoms with van der Waals surface area (Å²) in [6.45, 7) is 1.71. The molecule has 1 saturated carbocycles. The number of carbonyl (C=O) groups is 1. The molecule has 160 valence electrons. The number of ether oxygens (including phenoxy) is 1. The molecule has 1 atom stereocenters. The molecule has 2 aliphatic rings. The van der Waals surface area contributed by atoms with Gasteiger partial charge in [0, 0.05) is 42.0 Å². The average molecular weight is 426 g/mol. The molecule has 1 unspecified atom stereocenters. The maximum Gasteiger partial charge on any atom is 0.251 e. The molecule has 1 aliphatic carbocycles. The predicted molar refractivity (Wildman–Crippen MR) is 118 cm³/mol. The summed E-state index contributed by atoms with van der Waals surface area (Å²) in [5.41, 5.74) is 4.78. The average Bonchev–Trinajstić information content (AvgIpc) is 3.65. The lowest BCUT2D eigenvalue weighted by atomic mass is 10.0. The smallest absolute Gasteiger partial charge is 0.251 e. The van der Waals surface area contributed by atoms with E-state index in [0.29, 0.717) is 31.6 Å². The first kappa shape index (κ1) is 19.1. The first-order chi connectivity index (χ1) is 15.8. The fourth-order valence-corrected chi connectivity index (χ4v) is 4.23. The van der Waals surface area contributed by atoms with Gasteiger partial charge >= 0.3 is 0 Å². The van der Waals surface area contributed by atoms with Crippen molar-refractivity contribution in [3.63, 3.8) is 0 Å². The highest BCUT2D eigenvalue weighted by atomic mass is 16.5. The Labute approximate surface area is 184 Å². The Bertz CT molecular complexity index is 1270. The van der Waals surface area contributed by atoms with Gasteiger partial charge in [-0.2, -0.15) is 9.78 Å². The van der Waals surface area contributed by atoms with Crippen molar-refractivity contribution in [1.29, 1.82) is 0 Å². The molecule has 1 amide bonds. The number of hydrogen-bond acceptors (Lipinski definition) is 6. The summed E-state index contributed by atoms with van der Waals surface area (Å²) in [4.78, 5) is 26.6. The lowest BCUT2D eigenvalue weighted by Crippen LogP contribution is -2.37. The lowest BCUT2D eigenvalue weighted by molar-refractivity contribution is -0.125. The largest absolute Gasteiger partial charge is 0.370 e. The molecule has 1 saturated heterocycles. The summed E-state index contributed by atoms with van der Waals surface area (Å²) >= 11 is 0. The molecule has 0 N–H and O–H groups in total. The molecule has 3 aromatic heterocycles. The molecule has 0 bridgehead atoms. The summed E-state index contributed by atoms with van der Waals surface area (Å²) < 4.78 is 7.78. The van der Waals surface area contributed by atoms with Crippen LogP contribution in [0.1, 0.15) is 36.1 Å². The molecular weight excluding hydrogens is 404 g/mol. The SMILES string of the molecule is O=CN1CCOC(c2ccc3c(C4CC4)nn(-c4ncc(-c5ccccn5)cn4)c3c2)C1. The first-order valence-corrected chi connectivity index (χ1v) is 10.9. The standard InChI is InChI=1S/C24H22N6O2/c31-15-29-9-10-32-22(14-29)17-6-7-19-21(11-17)30(28-23(19)16-4-5-16)24-26-12-18(13-27-24)20-3-1-2-8-25-20/h1-3,6-8,11-13,15-16,22H,4-5,9-10,14H2. The molecule has 0 spiro atoms. The number of rotatable bonds is 5. The number of fused-ring (bicyclic) bond motifs is 1. The van der Waals surface area contributed by atoms with E-state index < -0.39 is 0 Å². The minimum Gasteiger partial charge on any atom is -0.370 e. The Morgan fingerprint density at radius 1 is 1.06 bits per heavy atom. The van der Waals surface area contributed by atoms with Crippen LogP contribution in [-0.2, 0) is 9.53 Å². The highest BCUT2D eigenvalue weighted by Gasteiger charge is 2.30. The Kier molecular flexibility index (Phi) is 4.65. The molecule has 8 heteroatoms. The quantitative estimate of drug-likeness (QED) is 0.455. The summed E-state index contributed by atoms with van der Waals surface area (Å²) in [6.07, 6.45) is 8.38. The molecule has 2 fully saturated rings. The van der Waals surface area contributed by atoms with Gasteiger partial charge in [-0.15, -0.1) is 0 Å². The third-order valence-corrected chi connectivity index (χ3v) is 6.10. The van der Waals surface area contributed by atoms with Crippen LogP contribution in [0.3, 0.4) is 0 Å². The highest BCUT2D eigenvalue weighted by Crippen LogP contribution is 2.43. The van der Waals surface area contributed by atoms with Crippen molar-refractivity contribution in [3.8, 4) is 17.2 Å². The van der Waals surface area contributed by atoms with Gasteiger partial charge in [-0.05, 0) is 36.6 Å². The van der Waals surface area contributed by atoms with Crippen LogP contribution in [0.15, 0.2) is 55.0 Å².